The maximum absolute atomic E-state index is 13.3. The summed E-state index contributed by atoms with van der Waals surface area (Å²) in [6.45, 7) is 2.08. The van der Waals surface area contributed by atoms with Gasteiger partial charge in [0.2, 0.25) is 5.91 Å². The molecule has 1 heterocycles. The van der Waals surface area contributed by atoms with Gasteiger partial charge in [-0.25, -0.2) is 12.8 Å². The van der Waals surface area contributed by atoms with Crippen LogP contribution >= 0.6 is 23.1 Å². The van der Waals surface area contributed by atoms with Crippen LogP contribution in [0.1, 0.15) is 11.1 Å². The predicted octanol–water partition coefficient (Wildman–Crippen LogP) is 4.44. The minimum Gasteiger partial charge on any atom is -0.354 e. The maximum Gasteiger partial charge on any atom is 0.274 e. The van der Waals surface area contributed by atoms with Gasteiger partial charge in [0.05, 0.1) is 5.69 Å². The molecule has 2 aromatic carbocycles. The zero-order chi connectivity index (χ0) is 22.3. The molecule has 0 aliphatic heterocycles. The zero-order valence-electron chi connectivity index (χ0n) is 17.0. The maximum atomic E-state index is 13.3. The number of amides is 1. The molecule has 0 saturated heterocycles. The van der Waals surface area contributed by atoms with Gasteiger partial charge < -0.3 is 5.32 Å². The molecule has 0 aliphatic carbocycles. The van der Waals surface area contributed by atoms with Crippen molar-refractivity contribution in [2.75, 3.05) is 23.1 Å². The second kappa shape index (κ2) is 10.8. The molecule has 164 valence electrons. The van der Waals surface area contributed by atoms with Crippen molar-refractivity contribution >= 4 is 44.7 Å². The van der Waals surface area contributed by atoms with E-state index in [4.69, 9.17) is 0 Å². The molecule has 5 nitrogen and oxygen atoms in total. The van der Waals surface area contributed by atoms with Gasteiger partial charge in [-0.2, -0.15) is 11.8 Å². The Morgan fingerprint density at radius 3 is 2.45 bits per heavy atom. The molecule has 0 saturated carbocycles. The molecule has 0 fully saturated rings. The molecule has 0 radical (unpaired) electrons. The molecular formula is C22H23FN2O3S3. The number of aryl methyl sites for hydroxylation is 1. The van der Waals surface area contributed by atoms with E-state index in [9.17, 15) is 17.6 Å². The summed E-state index contributed by atoms with van der Waals surface area (Å²) in [5, 5.41) is 4.42. The van der Waals surface area contributed by atoms with Crippen molar-refractivity contribution in [1.82, 2.24) is 5.32 Å². The van der Waals surface area contributed by atoms with Crippen LogP contribution in [0.25, 0.3) is 0 Å². The Morgan fingerprint density at radius 2 is 1.81 bits per heavy atom. The van der Waals surface area contributed by atoms with Gasteiger partial charge in [0.15, 0.2) is 0 Å². The van der Waals surface area contributed by atoms with Crippen molar-refractivity contribution < 1.29 is 17.6 Å². The third kappa shape index (κ3) is 6.56. The number of halogens is 1. The lowest BCUT2D eigenvalue weighted by Gasteiger charge is -2.23. The van der Waals surface area contributed by atoms with Crippen LogP contribution in [0.2, 0.25) is 0 Å². The second-order valence-electron chi connectivity index (χ2n) is 6.81. The Hall–Kier alpha value is -2.36. The molecule has 0 aliphatic rings. The number of hydrogen-bond acceptors (Lipinski definition) is 5. The average molecular weight is 479 g/mol. The van der Waals surface area contributed by atoms with Crippen LogP contribution in [0.4, 0.5) is 10.1 Å². The van der Waals surface area contributed by atoms with E-state index >= 15 is 0 Å². The lowest BCUT2D eigenvalue weighted by molar-refractivity contribution is -0.119. The van der Waals surface area contributed by atoms with Crippen LogP contribution < -0.4 is 9.62 Å². The summed E-state index contributed by atoms with van der Waals surface area (Å²) in [5.41, 5.74) is 2.66. The van der Waals surface area contributed by atoms with E-state index < -0.39 is 21.7 Å². The van der Waals surface area contributed by atoms with E-state index in [-0.39, 0.29) is 16.4 Å². The van der Waals surface area contributed by atoms with E-state index in [1.807, 2.05) is 6.92 Å². The standard InChI is InChI=1S/C22H23FN2O3S3/c1-17-4-6-18(7-5-17)16-29-14-12-24-21(26)15-25(20-10-8-19(23)9-11-20)31(27,28)22-3-2-13-30-22/h2-11,13H,12,14-16H2,1H3,(H,24,26). The van der Waals surface area contributed by atoms with Crippen LogP contribution in [0.15, 0.2) is 70.3 Å². The monoisotopic (exact) mass is 478 g/mol. The van der Waals surface area contributed by atoms with E-state index in [2.05, 4.69) is 29.6 Å². The lowest BCUT2D eigenvalue weighted by atomic mass is 10.2. The molecule has 1 aromatic heterocycles. The van der Waals surface area contributed by atoms with E-state index in [0.29, 0.717) is 12.3 Å². The number of hydrogen-bond donors (Lipinski definition) is 1. The molecule has 3 aromatic rings. The van der Waals surface area contributed by atoms with Crippen molar-refractivity contribution in [2.45, 2.75) is 16.9 Å². The highest BCUT2D eigenvalue weighted by atomic mass is 32.2. The van der Waals surface area contributed by atoms with E-state index in [1.54, 1.807) is 23.2 Å². The van der Waals surface area contributed by atoms with Gasteiger partial charge in [-0.05, 0) is 48.2 Å². The number of carbonyl (C=O) groups excluding carboxylic acids is 1. The number of anilines is 1. The molecule has 31 heavy (non-hydrogen) atoms. The van der Waals surface area contributed by atoms with E-state index in [1.165, 1.54) is 41.5 Å². The molecule has 1 amide bonds. The number of carbonyl (C=O) groups is 1. The number of thiophene rings is 1. The first kappa shape index (κ1) is 23.3. The average Bonchev–Trinajstić information content (AvgIpc) is 3.30. The van der Waals surface area contributed by atoms with Gasteiger partial charge >= 0.3 is 0 Å². The van der Waals surface area contributed by atoms with Crippen LogP contribution in [0.3, 0.4) is 0 Å². The summed E-state index contributed by atoms with van der Waals surface area (Å²) in [5.74, 6) is 0.644. The number of nitrogens with one attached hydrogen (secondary N) is 1. The molecule has 1 N–H and O–H groups in total. The predicted molar refractivity (Wildman–Crippen MR) is 126 cm³/mol. The van der Waals surface area contributed by atoms with Crippen molar-refractivity contribution in [3.05, 3.63) is 83.0 Å². The molecule has 9 heteroatoms. The molecule has 0 unspecified atom stereocenters. The van der Waals surface area contributed by atoms with Gasteiger partial charge in [0.25, 0.3) is 10.0 Å². The topological polar surface area (TPSA) is 66.5 Å². The summed E-state index contributed by atoms with van der Waals surface area (Å²) in [6, 6.07) is 16.5. The van der Waals surface area contributed by atoms with Gasteiger partial charge in [0.1, 0.15) is 16.6 Å². The Bertz CT molecular complexity index is 1080. The highest BCUT2D eigenvalue weighted by molar-refractivity contribution is 7.98. The summed E-state index contributed by atoms with van der Waals surface area (Å²) in [6.07, 6.45) is 0. The Morgan fingerprint density at radius 1 is 1.10 bits per heavy atom. The fraction of sp³-hybridized carbons (Fsp3) is 0.227. The molecule has 0 spiro atoms. The van der Waals surface area contributed by atoms with Crippen molar-refractivity contribution in [1.29, 1.82) is 0 Å². The van der Waals surface area contributed by atoms with Gasteiger partial charge in [0, 0.05) is 18.1 Å². The Balaban J connectivity index is 1.58. The third-order valence-electron chi connectivity index (χ3n) is 4.40. The molecule has 0 bridgehead atoms. The normalized spacial score (nSPS) is 11.3. The highest BCUT2D eigenvalue weighted by Gasteiger charge is 2.28. The first-order valence-electron chi connectivity index (χ1n) is 9.58. The summed E-state index contributed by atoms with van der Waals surface area (Å²) < 4.78 is 40.5. The first-order valence-corrected chi connectivity index (χ1v) is 13.1. The second-order valence-corrected chi connectivity index (χ2v) is 11.0. The van der Waals surface area contributed by atoms with Crippen LogP contribution in [0.5, 0.6) is 0 Å². The van der Waals surface area contributed by atoms with Crippen molar-refractivity contribution in [2.24, 2.45) is 0 Å². The summed E-state index contributed by atoms with van der Waals surface area (Å²) in [7, 11) is -3.93. The quantitative estimate of drug-likeness (QED) is 0.438. The van der Waals surface area contributed by atoms with Crippen LogP contribution in [0, 0.1) is 12.7 Å². The Labute approximate surface area is 190 Å². The van der Waals surface area contributed by atoms with E-state index in [0.717, 1.165) is 21.4 Å². The summed E-state index contributed by atoms with van der Waals surface area (Å²) >= 11 is 2.76. The van der Waals surface area contributed by atoms with Gasteiger partial charge in [-0.15, -0.1) is 11.3 Å². The van der Waals surface area contributed by atoms with Crippen LogP contribution in [-0.4, -0.2) is 33.2 Å². The number of nitrogens with zero attached hydrogens (tertiary/aromatic N) is 1. The number of sulfonamides is 1. The molecule has 3 rings (SSSR count). The lowest BCUT2D eigenvalue weighted by Crippen LogP contribution is -2.41. The van der Waals surface area contributed by atoms with Crippen molar-refractivity contribution in [3.8, 4) is 0 Å². The Kier molecular flexibility index (Phi) is 8.11. The van der Waals surface area contributed by atoms with Crippen molar-refractivity contribution in [3.63, 3.8) is 0 Å². The minimum atomic E-state index is -3.93. The molecular weight excluding hydrogens is 455 g/mol. The number of benzene rings is 2. The zero-order valence-corrected chi connectivity index (χ0v) is 19.4. The minimum absolute atomic E-state index is 0.123. The largest absolute Gasteiger partial charge is 0.354 e. The molecule has 0 atom stereocenters. The van der Waals surface area contributed by atoms with Gasteiger partial charge in [-0.1, -0.05) is 35.9 Å². The highest BCUT2D eigenvalue weighted by Crippen LogP contribution is 2.26. The fourth-order valence-corrected chi connectivity index (χ4v) is 6.11. The fourth-order valence-electron chi connectivity index (χ4n) is 2.76. The summed E-state index contributed by atoms with van der Waals surface area (Å²) in [4.78, 5) is 12.5. The third-order valence-corrected chi connectivity index (χ3v) is 8.58. The van der Waals surface area contributed by atoms with Crippen LogP contribution in [-0.2, 0) is 20.6 Å². The van der Waals surface area contributed by atoms with Gasteiger partial charge in [-0.3, -0.25) is 9.10 Å². The SMILES string of the molecule is Cc1ccc(CSCCNC(=O)CN(c2ccc(F)cc2)S(=O)(=O)c2cccs2)cc1. The number of thioether (sulfide) groups is 1. The number of rotatable bonds is 10. The first-order chi connectivity index (χ1) is 14.9. The smallest absolute Gasteiger partial charge is 0.274 e.